The average Bonchev–Trinajstić information content (AvgIpc) is 3.09. The second-order valence-corrected chi connectivity index (χ2v) is 8.94. The summed E-state index contributed by atoms with van der Waals surface area (Å²) in [5.41, 5.74) is 3.82. The number of nitrogens with one attached hydrogen (secondary N) is 1. The van der Waals surface area contributed by atoms with Gasteiger partial charge in [0.25, 0.3) is 11.5 Å². The van der Waals surface area contributed by atoms with Gasteiger partial charge in [-0.05, 0) is 18.6 Å². The van der Waals surface area contributed by atoms with Crippen molar-refractivity contribution in [3.8, 4) is 16.9 Å². The molecule has 0 atom stereocenters. The molecule has 0 radical (unpaired) electrons. The summed E-state index contributed by atoms with van der Waals surface area (Å²) in [6, 6.07) is 12.4. The molecule has 0 saturated carbocycles. The number of ether oxygens (including phenoxy) is 1. The number of nitrogens with zero attached hydrogens (tertiary/aromatic N) is 2. The number of hydrogen-bond donors (Lipinski definition) is 1. The lowest BCUT2D eigenvalue weighted by Gasteiger charge is -2.11. The first-order valence-corrected chi connectivity index (χ1v) is 10.9. The first-order valence-electron chi connectivity index (χ1n) is 8.98. The van der Waals surface area contributed by atoms with Gasteiger partial charge in [0, 0.05) is 16.5 Å². The van der Waals surface area contributed by atoms with E-state index in [0.717, 1.165) is 20.7 Å². The molecule has 0 saturated heterocycles. The van der Waals surface area contributed by atoms with Crippen LogP contribution in [0.2, 0.25) is 15.1 Å². The van der Waals surface area contributed by atoms with Gasteiger partial charge in [0.1, 0.15) is 16.9 Å². The number of carbonyl (C=O) groups is 1. The van der Waals surface area contributed by atoms with Crippen molar-refractivity contribution in [2.45, 2.75) is 6.92 Å². The SMILES string of the molecule is Cc1sc2ncn(NC(=O)COc3cc(Cl)c(Cl)cc3Cl)c(=O)c2c1-c1ccccc1. The minimum absolute atomic E-state index is 0.201. The third kappa shape index (κ3) is 4.41. The summed E-state index contributed by atoms with van der Waals surface area (Å²) in [6.45, 7) is 1.54. The zero-order valence-electron chi connectivity index (χ0n) is 16.0. The van der Waals surface area contributed by atoms with Crippen LogP contribution in [0.3, 0.4) is 0 Å². The molecule has 0 aliphatic rings. The molecular weight excluding hydrogens is 481 g/mol. The van der Waals surface area contributed by atoms with E-state index in [4.69, 9.17) is 39.5 Å². The van der Waals surface area contributed by atoms with E-state index in [1.807, 2.05) is 37.3 Å². The van der Waals surface area contributed by atoms with Crippen molar-refractivity contribution >= 4 is 62.3 Å². The number of thiophene rings is 1. The summed E-state index contributed by atoms with van der Waals surface area (Å²) in [5, 5.41) is 1.18. The van der Waals surface area contributed by atoms with Crippen LogP contribution in [0.25, 0.3) is 21.3 Å². The van der Waals surface area contributed by atoms with Crippen LogP contribution < -0.4 is 15.7 Å². The van der Waals surface area contributed by atoms with Crippen LogP contribution in [0, 0.1) is 6.92 Å². The maximum Gasteiger partial charge on any atom is 0.281 e. The summed E-state index contributed by atoms with van der Waals surface area (Å²) in [5.74, 6) is -0.370. The summed E-state index contributed by atoms with van der Waals surface area (Å²) in [6.07, 6.45) is 1.28. The molecule has 1 N–H and O–H groups in total. The van der Waals surface area contributed by atoms with Crippen LogP contribution >= 0.6 is 46.1 Å². The van der Waals surface area contributed by atoms with Gasteiger partial charge >= 0.3 is 0 Å². The van der Waals surface area contributed by atoms with E-state index in [9.17, 15) is 9.59 Å². The van der Waals surface area contributed by atoms with Crippen molar-refractivity contribution in [1.82, 2.24) is 9.66 Å². The number of halogens is 3. The van der Waals surface area contributed by atoms with E-state index in [0.29, 0.717) is 10.2 Å². The molecule has 2 aromatic heterocycles. The molecule has 0 aliphatic carbocycles. The lowest BCUT2D eigenvalue weighted by Crippen LogP contribution is -2.35. The van der Waals surface area contributed by atoms with Gasteiger partial charge in [0.2, 0.25) is 0 Å². The van der Waals surface area contributed by atoms with Crippen molar-refractivity contribution in [2.75, 3.05) is 12.0 Å². The topological polar surface area (TPSA) is 73.2 Å². The Bertz CT molecular complexity index is 1350. The molecule has 158 valence electrons. The Hall–Kier alpha value is -2.58. The van der Waals surface area contributed by atoms with Crippen LogP contribution in [0.1, 0.15) is 4.88 Å². The van der Waals surface area contributed by atoms with Gasteiger partial charge in [-0.25, -0.2) is 9.66 Å². The fourth-order valence-electron chi connectivity index (χ4n) is 3.06. The highest BCUT2D eigenvalue weighted by Crippen LogP contribution is 2.35. The second-order valence-electron chi connectivity index (χ2n) is 6.52. The quantitative estimate of drug-likeness (QED) is 0.370. The van der Waals surface area contributed by atoms with Crippen molar-refractivity contribution in [1.29, 1.82) is 0 Å². The van der Waals surface area contributed by atoms with Crippen LogP contribution in [-0.2, 0) is 4.79 Å². The first kappa shape index (κ1) is 21.6. The van der Waals surface area contributed by atoms with E-state index in [-0.39, 0.29) is 26.4 Å². The molecule has 4 aromatic rings. The lowest BCUT2D eigenvalue weighted by atomic mass is 10.0. The highest BCUT2D eigenvalue weighted by atomic mass is 35.5. The minimum atomic E-state index is -0.571. The summed E-state index contributed by atoms with van der Waals surface area (Å²) >= 11 is 19.3. The highest BCUT2D eigenvalue weighted by molar-refractivity contribution is 7.19. The Kier molecular flexibility index (Phi) is 6.20. The summed E-state index contributed by atoms with van der Waals surface area (Å²) in [4.78, 5) is 31.4. The lowest BCUT2D eigenvalue weighted by molar-refractivity contribution is -0.119. The first-order chi connectivity index (χ1) is 14.8. The van der Waals surface area contributed by atoms with E-state index >= 15 is 0 Å². The molecule has 31 heavy (non-hydrogen) atoms. The van der Waals surface area contributed by atoms with Crippen molar-refractivity contribution in [3.05, 3.63) is 79.1 Å². The largest absolute Gasteiger partial charge is 0.482 e. The minimum Gasteiger partial charge on any atom is -0.482 e. The monoisotopic (exact) mass is 493 g/mol. The molecule has 1 amide bonds. The molecule has 2 heterocycles. The number of aromatic nitrogens is 2. The number of rotatable bonds is 5. The third-order valence-corrected chi connectivity index (χ3v) is 6.46. The van der Waals surface area contributed by atoms with Gasteiger partial charge in [-0.3, -0.25) is 15.0 Å². The molecule has 0 bridgehead atoms. The smallest absolute Gasteiger partial charge is 0.281 e. The Morgan fingerprint density at radius 1 is 1.13 bits per heavy atom. The average molecular weight is 495 g/mol. The molecule has 0 unspecified atom stereocenters. The zero-order valence-corrected chi connectivity index (χ0v) is 19.1. The zero-order chi connectivity index (χ0) is 22.1. The Morgan fingerprint density at radius 2 is 1.84 bits per heavy atom. The van der Waals surface area contributed by atoms with Crippen molar-refractivity contribution in [2.24, 2.45) is 0 Å². The fourth-order valence-corrected chi connectivity index (χ4v) is 4.65. The Balaban J connectivity index is 1.59. The van der Waals surface area contributed by atoms with E-state index < -0.39 is 12.5 Å². The van der Waals surface area contributed by atoms with Crippen LogP contribution in [0.15, 0.2) is 53.6 Å². The van der Waals surface area contributed by atoms with E-state index in [1.54, 1.807) is 0 Å². The summed E-state index contributed by atoms with van der Waals surface area (Å²) in [7, 11) is 0. The van der Waals surface area contributed by atoms with Crippen LogP contribution in [0.5, 0.6) is 5.75 Å². The number of carbonyl (C=O) groups excluding carboxylic acids is 1. The molecule has 6 nitrogen and oxygen atoms in total. The molecule has 2 aromatic carbocycles. The predicted molar refractivity (Wildman–Crippen MR) is 125 cm³/mol. The van der Waals surface area contributed by atoms with E-state index in [2.05, 4.69) is 10.4 Å². The van der Waals surface area contributed by atoms with Gasteiger partial charge in [0.05, 0.1) is 20.5 Å². The summed E-state index contributed by atoms with van der Waals surface area (Å²) < 4.78 is 6.46. The van der Waals surface area contributed by atoms with Gasteiger partial charge in [-0.15, -0.1) is 11.3 Å². The molecule has 0 fully saturated rings. The van der Waals surface area contributed by atoms with Crippen molar-refractivity contribution < 1.29 is 9.53 Å². The normalized spacial score (nSPS) is 11.0. The van der Waals surface area contributed by atoms with Gasteiger partial charge in [-0.2, -0.15) is 0 Å². The Morgan fingerprint density at radius 3 is 2.58 bits per heavy atom. The van der Waals surface area contributed by atoms with Crippen LogP contribution in [-0.4, -0.2) is 22.2 Å². The number of hydrogen-bond acceptors (Lipinski definition) is 5. The number of aryl methyl sites for hydroxylation is 1. The standard InChI is InChI=1S/C21H14Cl3N3O3S/c1-11-18(12-5-3-2-4-6-12)19-20(31-11)25-10-27(21(19)29)26-17(28)9-30-16-8-14(23)13(22)7-15(16)24/h2-8,10H,9H2,1H3,(H,26,28). The number of fused-ring (bicyclic) bond motifs is 1. The molecule has 10 heteroatoms. The number of benzene rings is 2. The predicted octanol–water partition coefficient (Wildman–Crippen LogP) is 5.54. The maximum atomic E-state index is 13.1. The second kappa shape index (κ2) is 8.88. The molecular formula is C21H14Cl3N3O3S. The van der Waals surface area contributed by atoms with Gasteiger partial charge < -0.3 is 4.74 Å². The third-order valence-electron chi connectivity index (χ3n) is 4.43. The molecule has 4 rings (SSSR count). The Labute approximate surface area is 195 Å². The van der Waals surface area contributed by atoms with E-state index in [1.165, 1.54) is 29.8 Å². The van der Waals surface area contributed by atoms with Gasteiger partial charge in [0.15, 0.2) is 6.61 Å². The molecule has 0 spiro atoms. The van der Waals surface area contributed by atoms with Crippen molar-refractivity contribution in [3.63, 3.8) is 0 Å². The van der Waals surface area contributed by atoms with Crippen LogP contribution in [0.4, 0.5) is 0 Å². The number of amides is 1. The highest BCUT2D eigenvalue weighted by Gasteiger charge is 2.18. The molecule has 0 aliphatic heterocycles. The fraction of sp³-hybridized carbons (Fsp3) is 0.0952. The maximum absolute atomic E-state index is 13.1. The van der Waals surface area contributed by atoms with Gasteiger partial charge in [-0.1, -0.05) is 65.1 Å².